The smallest absolute Gasteiger partial charge is 0.287 e. The fourth-order valence-corrected chi connectivity index (χ4v) is 3.66. The van der Waals surface area contributed by atoms with Crippen LogP contribution in [0.4, 0.5) is 5.69 Å². The summed E-state index contributed by atoms with van der Waals surface area (Å²) in [7, 11) is 0. The van der Waals surface area contributed by atoms with Gasteiger partial charge in [-0.15, -0.1) is 0 Å². The number of carbonyl (C=O) groups is 2. The number of H-pyrrole nitrogens is 1. The first-order chi connectivity index (χ1) is 12.1. The molecule has 2 amide bonds. The van der Waals surface area contributed by atoms with E-state index in [0.29, 0.717) is 25.9 Å². The summed E-state index contributed by atoms with van der Waals surface area (Å²) in [5, 5.41) is 10.7. The maximum absolute atomic E-state index is 12.7. The Labute approximate surface area is 146 Å². The Morgan fingerprint density at radius 3 is 2.24 bits per heavy atom. The number of amides is 2. The third-order valence-electron chi connectivity index (χ3n) is 5.16. The highest BCUT2D eigenvalue weighted by molar-refractivity contribution is 5.93. The van der Waals surface area contributed by atoms with Gasteiger partial charge in [0.15, 0.2) is 0 Å². The summed E-state index contributed by atoms with van der Waals surface area (Å²) in [6, 6.07) is 1.26. The molecule has 3 heterocycles. The normalized spacial score (nSPS) is 19.5. The number of aromatic nitrogens is 1. The molecule has 0 unspecified atom stereocenters. The molecule has 3 rings (SSSR count). The minimum absolute atomic E-state index is 0.0138. The molecule has 0 spiro atoms. The molecule has 2 aliphatic heterocycles. The largest absolute Gasteiger partial charge is 0.351 e. The van der Waals surface area contributed by atoms with Crippen molar-refractivity contribution in [3.63, 3.8) is 0 Å². The first-order valence-electron chi connectivity index (χ1n) is 8.97. The lowest BCUT2D eigenvalue weighted by Gasteiger charge is -2.33. The van der Waals surface area contributed by atoms with Gasteiger partial charge in [-0.05, 0) is 25.7 Å². The van der Waals surface area contributed by atoms with Crippen molar-refractivity contribution in [3.8, 4) is 0 Å². The second-order valence-corrected chi connectivity index (χ2v) is 6.83. The minimum atomic E-state index is -0.528. The summed E-state index contributed by atoms with van der Waals surface area (Å²) in [6.07, 6.45) is 7.08. The molecule has 0 bridgehead atoms. The zero-order chi connectivity index (χ0) is 17.8. The second-order valence-electron chi connectivity index (χ2n) is 6.83. The van der Waals surface area contributed by atoms with Gasteiger partial charge in [-0.1, -0.05) is 12.8 Å². The summed E-state index contributed by atoms with van der Waals surface area (Å²) in [5.74, 6) is -0.0293. The molecule has 0 radical (unpaired) electrons. The van der Waals surface area contributed by atoms with Gasteiger partial charge >= 0.3 is 0 Å². The second kappa shape index (κ2) is 7.67. The predicted molar refractivity (Wildman–Crippen MR) is 91.1 cm³/mol. The van der Waals surface area contributed by atoms with Crippen LogP contribution in [0, 0.1) is 16.0 Å². The van der Waals surface area contributed by atoms with E-state index in [2.05, 4.69) is 4.98 Å². The van der Waals surface area contributed by atoms with Gasteiger partial charge in [-0.25, -0.2) is 0 Å². The number of hydrogen-bond acceptors (Lipinski definition) is 4. The number of nitro groups is 1. The molecule has 1 aromatic rings. The monoisotopic (exact) mass is 348 g/mol. The van der Waals surface area contributed by atoms with Crippen LogP contribution in [0.25, 0.3) is 0 Å². The Balaban J connectivity index is 1.54. The lowest BCUT2D eigenvalue weighted by atomic mass is 9.95. The van der Waals surface area contributed by atoms with Crippen molar-refractivity contribution >= 4 is 17.5 Å². The predicted octanol–water partition coefficient (Wildman–Crippen LogP) is 2.18. The van der Waals surface area contributed by atoms with Crippen molar-refractivity contribution in [2.75, 3.05) is 26.2 Å². The van der Waals surface area contributed by atoms with Crippen LogP contribution in [0.1, 0.15) is 49.0 Å². The molecule has 8 heteroatoms. The van der Waals surface area contributed by atoms with Gasteiger partial charge in [-0.3, -0.25) is 19.7 Å². The standard InChI is InChI=1S/C17H24N4O4/c22-16(19-7-3-1-2-4-8-19)13-5-9-20(10-6-13)17(23)15-11-14(12-18-15)21(24)25/h11-13,18H,1-10H2. The number of nitrogens with one attached hydrogen (secondary N) is 1. The number of piperidine rings is 1. The number of carbonyl (C=O) groups excluding carboxylic acids is 2. The van der Waals surface area contributed by atoms with Gasteiger partial charge in [0.05, 0.1) is 11.1 Å². The Hall–Kier alpha value is -2.38. The van der Waals surface area contributed by atoms with Crippen LogP contribution >= 0.6 is 0 Å². The molecule has 0 aliphatic carbocycles. The van der Waals surface area contributed by atoms with Crippen molar-refractivity contribution in [1.29, 1.82) is 0 Å². The lowest BCUT2D eigenvalue weighted by Crippen LogP contribution is -2.44. The molecular formula is C17H24N4O4. The van der Waals surface area contributed by atoms with Crippen molar-refractivity contribution in [2.45, 2.75) is 38.5 Å². The van der Waals surface area contributed by atoms with E-state index < -0.39 is 4.92 Å². The van der Waals surface area contributed by atoms with E-state index in [-0.39, 0.29) is 29.1 Å². The molecule has 2 aliphatic rings. The van der Waals surface area contributed by atoms with E-state index in [9.17, 15) is 19.7 Å². The third-order valence-corrected chi connectivity index (χ3v) is 5.16. The number of rotatable bonds is 3. The summed E-state index contributed by atoms with van der Waals surface area (Å²) >= 11 is 0. The average Bonchev–Trinajstić information content (AvgIpc) is 2.97. The van der Waals surface area contributed by atoms with Crippen molar-refractivity contribution in [1.82, 2.24) is 14.8 Å². The van der Waals surface area contributed by atoms with Crippen molar-refractivity contribution in [2.24, 2.45) is 5.92 Å². The Kier molecular flexibility index (Phi) is 5.35. The Bertz CT molecular complexity index is 641. The highest BCUT2D eigenvalue weighted by Gasteiger charge is 2.31. The molecule has 0 atom stereocenters. The van der Waals surface area contributed by atoms with Crippen LogP contribution in [-0.4, -0.2) is 57.7 Å². The Morgan fingerprint density at radius 1 is 1.04 bits per heavy atom. The fourth-order valence-electron chi connectivity index (χ4n) is 3.66. The maximum Gasteiger partial charge on any atom is 0.287 e. The molecule has 1 N–H and O–H groups in total. The molecule has 2 saturated heterocycles. The van der Waals surface area contributed by atoms with E-state index >= 15 is 0 Å². The van der Waals surface area contributed by atoms with E-state index in [0.717, 1.165) is 25.9 Å². The van der Waals surface area contributed by atoms with E-state index in [1.165, 1.54) is 25.1 Å². The van der Waals surface area contributed by atoms with Crippen LogP contribution in [0.5, 0.6) is 0 Å². The molecule has 25 heavy (non-hydrogen) atoms. The third kappa shape index (κ3) is 4.00. The van der Waals surface area contributed by atoms with Crippen molar-refractivity contribution < 1.29 is 14.5 Å². The van der Waals surface area contributed by atoms with Crippen LogP contribution < -0.4 is 0 Å². The van der Waals surface area contributed by atoms with Gasteiger partial charge < -0.3 is 14.8 Å². The molecule has 1 aromatic heterocycles. The first kappa shape index (κ1) is 17.4. The average molecular weight is 348 g/mol. The van der Waals surface area contributed by atoms with Gasteiger partial charge in [0.25, 0.3) is 11.6 Å². The quantitative estimate of drug-likeness (QED) is 0.668. The molecule has 8 nitrogen and oxygen atoms in total. The highest BCUT2D eigenvalue weighted by Crippen LogP contribution is 2.23. The topological polar surface area (TPSA) is 99.5 Å². The Morgan fingerprint density at radius 2 is 1.68 bits per heavy atom. The zero-order valence-corrected chi connectivity index (χ0v) is 14.3. The van der Waals surface area contributed by atoms with Gasteiger partial charge in [0, 0.05) is 38.2 Å². The SMILES string of the molecule is O=C(c1cc([N+](=O)[O-])c[nH]1)N1CCC(C(=O)N2CCCCCC2)CC1. The lowest BCUT2D eigenvalue weighted by molar-refractivity contribution is -0.384. The zero-order valence-electron chi connectivity index (χ0n) is 14.3. The van der Waals surface area contributed by atoms with Crippen molar-refractivity contribution in [3.05, 3.63) is 28.1 Å². The maximum atomic E-state index is 12.7. The fraction of sp³-hybridized carbons (Fsp3) is 0.647. The van der Waals surface area contributed by atoms with Crippen LogP contribution in [0.3, 0.4) is 0 Å². The van der Waals surface area contributed by atoms with E-state index in [1.54, 1.807) is 4.90 Å². The van der Waals surface area contributed by atoms with Gasteiger partial charge in [-0.2, -0.15) is 0 Å². The van der Waals surface area contributed by atoms with Crippen LogP contribution in [0.2, 0.25) is 0 Å². The first-order valence-corrected chi connectivity index (χ1v) is 8.97. The minimum Gasteiger partial charge on any atom is -0.351 e. The summed E-state index contributed by atoms with van der Waals surface area (Å²) in [5.41, 5.74) is 0.110. The molecule has 2 fully saturated rings. The van der Waals surface area contributed by atoms with Gasteiger partial charge in [0.1, 0.15) is 5.69 Å². The van der Waals surface area contributed by atoms with Gasteiger partial charge in [0.2, 0.25) is 5.91 Å². The highest BCUT2D eigenvalue weighted by atomic mass is 16.6. The molecular weight excluding hydrogens is 324 g/mol. The molecule has 136 valence electrons. The van der Waals surface area contributed by atoms with E-state index in [1.807, 2.05) is 4.90 Å². The van der Waals surface area contributed by atoms with Crippen LogP contribution in [-0.2, 0) is 4.79 Å². The summed E-state index contributed by atoms with van der Waals surface area (Å²) in [4.78, 5) is 41.6. The molecule has 0 saturated carbocycles. The number of aromatic amines is 1. The molecule has 0 aromatic carbocycles. The summed E-state index contributed by atoms with van der Waals surface area (Å²) < 4.78 is 0. The van der Waals surface area contributed by atoms with Crippen LogP contribution in [0.15, 0.2) is 12.3 Å². The van der Waals surface area contributed by atoms with E-state index in [4.69, 9.17) is 0 Å². The number of likely N-dealkylation sites (tertiary alicyclic amines) is 2. The number of nitrogens with zero attached hydrogens (tertiary/aromatic N) is 3. The number of hydrogen-bond donors (Lipinski definition) is 1. The summed E-state index contributed by atoms with van der Waals surface area (Å²) in [6.45, 7) is 2.72.